The fraction of sp³-hybridized carbons (Fsp3) is 0.308. The molecule has 17 heavy (non-hydrogen) atoms. The van der Waals surface area contributed by atoms with Gasteiger partial charge in [0.1, 0.15) is 6.61 Å². The third-order valence-electron chi connectivity index (χ3n) is 1.67. The summed E-state index contributed by atoms with van der Waals surface area (Å²) >= 11 is 3.12. The number of rotatable bonds is 6. The summed E-state index contributed by atoms with van der Waals surface area (Å²) in [6.45, 7) is 7.82. The molecule has 0 aliphatic rings. The van der Waals surface area contributed by atoms with Crippen LogP contribution in [-0.2, 0) is 14.3 Å². The molecule has 0 aliphatic heterocycles. The number of hydrogen-bond donors (Lipinski definition) is 0. The molecule has 0 saturated heterocycles. The maximum absolute atomic E-state index is 11.4. The third-order valence-corrected chi connectivity index (χ3v) is 1.98. The number of carbonyl (C=O) groups is 1. The first kappa shape index (κ1) is 15.7. The fourth-order valence-corrected chi connectivity index (χ4v) is 1.08. The van der Waals surface area contributed by atoms with Gasteiger partial charge in [-0.05, 0) is 36.6 Å². The van der Waals surface area contributed by atoms with Crippen LogP contribution in [0.4, 0.5) is 0 Å². The van der Waals surface area contributed by atoms with E-state index in [1.807, 2.05) is 6.92 Å². The first-order valence-electron chi connectivity index (χ1n) is 5.02. The number of carbonyl (C=O) groups excluding carboxylic acids is 1. The molecule has 0 spiro atoms. The monoisotopic (exact) mass is 300 g/mol. The van der Waals surface area contributed by atoms with Gasteiger partial charge in [0.2, 0.25) is 0 Å². The minimum absolute atomic E-state index is 0.408. The van der Waals surface area contributed by atoms with Crippen LogP contribution in [-0.4, -0.2) is 19.7 Å². The van der Waals surface area contributed by atoms with Gasteiger partial charge in [-0.2, -0.15) is 0 Å². The highest BCUT2D eigenvalue weighted by atomic mass is 79.9. The molecule has 0 amide bonds. The van der Waals surface area contributed by atoms with Gasteiger partial charge in [-0.3, -0.25) is 0 Å². The Kier molecular flexibility index (Phi) is 8.15. The summed E-state index contributed by atoms with van der Waals surface area (Å²) in [5.41, 5.74) is 1.34. The molecule has 0 aromatic heterocycles. The minimum atomic E-state index is -0.408. The standard InChI is InChI=1S/C13H17BrO3/c1-10(2)9-17-11(3)8-12(6-5-7-14)13(15)16-4/h5-8H,1,9H2,2-4H3/b7-5+,11-8+,12-6+. The lowest BCUT2D eigenvalue weighted by Crippen LogP contribution is -2.04. The second-order valence-corrected chi connectivity index (χ2v) is 3.96. The van der Waals surface area contributed by atoms with Crippen molar-refractivity contribution in [3.8, 4) is 0 Å². The molecule has 0 aromatic carbocycles. The van der Waals surface area contributed by atoms with E-state index in [1.165, 1.54) is 7.11 Å². The highest BCUT2D eigenvalue weighted by molar-refractivity contribution is 9.11. The van der Waals surface area contributed by atoms with Crippen molar-refractivity contribution < 1.29 is 14.3 Å². The summed E-state index contributed by atoms with van der Waals surface area (Å²) in [5.74, 6) is 0.224. The Labute approximate surface area is 111 Å². The SMILES string of the molecule is C=C(C)CO/C(C)=C/C(=C\C=C\Br)C(=O)OC. The smallest absolute Gasteiger partial charge is 0.337 e. The van der Waals surface area contributed by atoms with Gasteiger partial charge in [-0.25, -0.2) is 4.79 Å². The van der Waals surface area contributed by atoms with Crippen LogP contribution >= 0.6 is 15.9 Å². The minimum Gasteiger partial charge on any atom is -0.494 e. The second-order valence-electron chi connectivity index (χ2n) is 3.43. The van der Waals surface area contributed by atoms with Crippen LogP contribution in [0.15, 0.2) is 46.7 Å². The number of ether oxygens (including phenoxy) is 2. The lowest BCUT2D eigenvalue weighted by Gasteiger charge is -2.06. The van der Waals surface area contributed by atoms with Gasteiger partial charge >= 0.3 is 5.97 Å². The van der Waals surface area contributed by atoms with Crippen molar-refractivity contribution in [3.05, 3.63) is 46.7 Å². The Morgan fingerprint density at radius 1 is 1.41 bits per heavy atom. The first-order valence-corrected chi connectivity index (χ1v) is 5.93. The molecule has 3 nitrogen and oxygen atoms in total. The van der Waals surface area contributed by atoms with E-state index in [2.05, 4.69) is 27.2 Å². The van der Waals surface area contributed by atoms with Crippen LogP contribution in [0.25, 0.3) is 0 Å². The molecule has 4 heteroatoms. The van der Waals surface area contributed by atoms with Gasteiger partial charge in [-0.15, -0.1) is 0 Å². The molecule has 0 unspecified atom stereocenters. The van der Waals surface area contributed by atoms with Crippen molar-refractivity contribution in [1.29, 1.82) is 0 Å². The lowest BCUT2D eigenvalue weighted by molar-refractivity contribution is -0.135. The van der Waals surface area contributed by atoms with Gasteiger partial charge in [0.05, 0.1) is 18.4 Å². The molecule has 0 bridgehead atoms. The molecule has 0 rings (SSSR count). The summed E-state index contributed by atoms with van der Waals surface area (Å²) in [4.78, 5) is 13.1. The molecule has 0 N–H and O–H groups in total. The molecule has 0 aliphatic carbocycles. The molecule has 0 heterocycles. The van der Waals surface area contributed by atoms with Crippen molar-refractivity contribution in [2.24, 2.45) is 0 Å². The van der Waals surface area contributed by atoms with Gasteiger partial charge in [0.15, 0.2) is 0 Å². The normalized spacial score (nSPS) is 12.7. The number of allylic oxidation sites excluding steroid dienone is 3. The molecule has 0 saturated carbocycles. The van der Waals surface area contributed by atoms with Crippen molar-refractivity contribution in [3.63, 3.8) is 0 Å². The zero-order valence-corrected chi connectivity index (χ0v) is 11.9. The van der Waals surface area contributed by atoms with E-state index >= 15 is 0 Å². The average Bonchev–Trinajstić information content (AvgIpc) is 2.30. The van der Waals surface area contributed by atoms with E-state index in [0.717, 1.165) is 5.57 Å². The Balaban J connectivity index is 4.77. The number of hydrogen-bond acceptors (Lipinski definition) is 3. The van der Waals surface area contributed by atoms with Crippen molar-refractivity contribution in [2.75, 3.05) is 13.7 Å². The molecular formula is C13H17BrO3. The lowest BCUT2D eigenvalue weighted by atomic mass is 10.2. The maximum atomic E-state index is 11.4. The molecule has 0 radical (unpaired) electrons. The molecule has 0 fully saturated rings. The summed E-state index contributed by atoms with van der Waals surface area (Å²) in [6, 6.07) is 0. The Hall–Kier alpha value is -1.29. The van der Waals surface area contributed by atoms with Crippen molar-refractivity contribution >= 4 is 21.9 Å². The summed E-state index contributed by atoms with van der Waals surface area (Å²) in [6.07, 6.45) is 4.95. The van der Waals surface area contributed by atoms with E-state index in [0.29, 0.717) is 17.9 Å². The maximum Gasteiger partial charge on any atom is 0.337 e. The van der Waals surface area contributed by atoms with Crippen molar-refractivity contribution in [2.45, 2.75) is 13.8 Å². The predicted octanol–water partition coefficient (Wildman–Crippen LogP) is 3.49. The number of esters is 1. The predicted molar refractivity (Wildman–Crippen MR) is 72.7 cm³/mol. The van der Waals surface area contributed by atoms with Crippen LogP contribution in [0.2, 0.25) is 0 Å². The number of halogens is 1. The molecule has 0 atom stereocenters. The largest absolute Gasteiger partial charge is 0.494 e. The zero-order chi connectivity index (χ0) is 13.3. The van der Waals surface area contributed by atoms with Crippen LogP contribution in [0.3, 0.4) is 0 Å². The Morgan fingerprint density at radius 2 is 2.06 bits per heavy atom. The highest BCUT2D eigenvalue weighted by Gasteiger charge is 2.06. The Bertz CT molecular complexity index is 365. The molecular weight excluding hydrogens is 284 g/mol. The summed E-state index contributed by atoms with van der Waals surface area (Å²) in [5, 5.41) is 0. The zero-order valence-electron chi connectivity index (χ0n) is 10.3. The van der Waals surface area contributed by atoms with Gasteiger partial charge in [0, 0.05) is 0 Å². The van der Waals surface area contributed by atoms with Crippen molar-refractivity contribution in [1.82, 2.24) is 0 Å². The fourth-order valence-electron chi connectivity index (χ4n) is 0.931. The van der Waals surface area contributed by atoms with E-state index in [9.17, 15) is 4.79 Å². The van der Waals surface area contributed by atoms with Gasteiger partial charge < -0.3 is 9.47 Å². The molecule has 0 aromatic rings. The average molecular weight is 301 g/mol. The highest BCUT2D eigenvalue weighted by Crippen LogP contribution is 2.08. The molecule has 94 valence electrons. The summed E-state index contributed by atoms with van der Waals surface area (Å²) in [7, 11) is 1.34. The first-order chi connectivity index (χ1) is 8.01. The Morgan fingerprint density at radius 3 is 2.53 bits per heavy atom. The topological polar surface area (TPSA) is 35.5 Å². The summed E-state index contributed by atoms with van der Waals surface area (Å²) < 4.78 is 10.0. The quantitative estimate of drug-likeness (QED) is 0.248. The second kappa shape index (κ2) is 8.82. The van der Waals surface area contributed by atoms with Gasteiger partial charge in [0.25, 0.3) is 0 Å². The van der Waals surface area contributed by atoms with Crippen LogP contribution in [0.5, 0.6) is 0 Å². The van der Waals surface area contributed by atoms with E-state index < -0.39 is 5.97 Å². The third kappa shape index (κ3) is 7.58. The number of methoxy groups -OCH3 is 1. The van der Waals surface area contributed by atoms with Crippen LogP contribution in [0.1, 0.15) is 13.8 Å². The van der Waals surface area contributed by atoms with E-state index in [-0.39, 0.29) is 0 Å². The van der Waals surface area contributed by atoms with Gasteiger partial charge in [-0.1, -0.05) is 28.6 Å². The van der Waals surface area contributed by atoms with E-state index in [4.69, 9.17) is 4.74 Å². The van der Waals surface area contributed by atoms with Crippen LogP contribution < -0.4 is 0 Å². The van der Waals surface area contributed by atoms with E-state index in [1.54, 1.807) is 30.1 Å². The van der Waals surface area contributed by atoms with Crippen LogP contribution in [0, 0.1) is 0 Å².